The third kappa shape index (κ3) is 2.89. The number of pyridine rings is 1. The molecule has 0 bridgehead atoms. The lowest BCUT2D eigenvalue weighted by atomic mass is 10.2. The fourth-order valence-electron chi connectivity index (χ4n) is 2.71. The Bertz CT molecular complexity index is 1060. The quantitative estimate of drug-likeness (QED) is 0.758. The Morgan fingerprint density at radius 2 is 1.88 bits per heavy atom. The van der Waals surface area contributed by atoms with Gasteiger partial charge in [-0.15, -0.1) is 0 Å². The number of nitrogens with zero attached hydrogens (tertiary/aromatic N) is 3. The number of aromatic nitrogens is 2. The lowest BCUT2D eigenvalue weighted by molar-refractivity contribution is 0.0948. The standard InChI is InChI=1S/C19H15N5O2/c20-11-12-5-1-2-6-14(12)22-19(26)17-23-16(18(25)21-13-8-9-13)15-7-3-4-10-24(15)17/h1-7,10,13H,8-9H2,(H,21,25)(H,22,26). The van der Waals surface area contributed by atoms with Crippen LogP contribution in [0, 0.1) is 11.3 Å². The van der Waals surface area contributed by atoms with E-state index in [0.717, 1.165) is 12.8 Å². The summed E-state index contributed by atoms with van der Waals surface area (Å²) < 4.78 is 1.58. The number of carbonyl (C=O) groups excluding carboxylic acids is 2. The van der Waals surface area contributed by atoms with E-state index < -0.39 is 5.91 Å². The smallest absolute Gasteiger partial charge is 0.292 e. The molecule has 7 heteroatoms. The summed E-state index contributed by atoms with van der Waals surface area (Å²) >= 11 is 0. The Morgan fingerprint density at radius 3 is 2.65 bits per heavy atom. The van der Waals surface area contributed by atoms with Crippen molar-refractivity contribution >= 4 is 23.0 Å². The van der Waals surface area contributed by atoms with Crippen LogP contribution in [0.2, 0.25) is 0 Å². The molecular weight excluding hydrogens is 330 g/mol. The Morgan fingerprint density at radius 1 is 1.12 bits per heavy atom. The first-order valence-electron chi connectivity index (χ1n) is 8.26. The van der Waals surface area contributed by atoms with Gasteiger partial charge in [-0.2, -0.15) is 5.26 Å². The van der Waals surface area contributed by atoms with Crippen LogP contribution < -0.4 is 10.6 Å². The van der Waals surface area contributed by atoms with Gasteiger partial charge in [-0.1, -0.05) is 18.2 Å². The molecular formula is C19H15N5O2. The molecule has 0 atom stereocenters. The number of nitrogens with one attached hydrogen (secondary N) is 2. The molecule has 2 amide bonds. The Kier molecular flexibility index (Phi) is 3.86. The predicted molar refractivity (Wildman–Crippen MR) is 94.8 cm³/mol. The average Bonchev–Trinajstić information content (AvgIpc) is 3.38. The largest absolute Gasteiger partial charge is 0.348 e. The highest BCUT2D eigenvalue weighted by atomic mass is 16.2. The summed E-state index contributed by atoms with van der Waals surface area (Å²) in [6.07, 6.45) is 3.62. The molecule has 0 spiro atoms. The molecule has 2 aromatic heterocycles. The second kappa shape index (κ2) is 6.33. The van der Waals surface area contributed by atoms with Crippen molar-refractivity contribution in [2.24, 2.45) is 0 Å². The van der Waals surface area contributed by atoms with Gasteiger partial charge in [0, 0.05) is 12.2 Å². The van der Waals surface area contributed by atoms with Crippen LogP contribution in [-0.2, 0) is 0 Å². The number of para-hydroxylation sites is 1. The molecule has 4 rings (SSSR count). The van der Waals surface area contributed by atoms with E-state index in [2.05, 4.69) is 15.6 Å². The number of anilines is 1. The van der Waals surface area contributed by atoms with E-state index in [1.54, 1.807) is 53.1 Å². The van der Waals surface area contributed by atoms with Crippen molar-refractivity contribution in [3.8, 4) is 6.07 Å². The fraction of sp³-hybridized carbons (Fsp3) is 0.158. The molecule has 2 N–H and O–H groups in total. The van der Waals surface area contributed by atoms with Gasteiger partial charge in [-0.3, -0.25) is 14.0 Å². The van der Waals surface area contributed by atoms with Gasteiger partial charge in [0.25, 0.3) is 11.8 Å². The molecule has 1 aliphatic carbocycles. The second-order valence-corrected chi connectivity index (χ2v) is 6.10. The molecule has 0 aliphatic heterocycles. The average molecular weight is 345 g/mol. The monoisotopic (exact) mass is 345 g/mol. The minimum Gasteiger partial charge on any atom is -0.348 e. The highest BCUT2D eigenvalue weighted by Crippen LogP contribution is 2.21. The maximum atomic E-state index is 12.7. The number of amides is 2. The molecule has 0 unspecified atom stereocenters. The highest BCUT2D eigenvalue weighted by molar-refractivity contribution is 6.06. The van der Waals surface area contributed by atoms with Crippen molar-refractivity contribution in [2.45, 2.75) is 18.9 Å². The first-order valence-corrected chi connectivity index (χ1v) is 8.26. The van der Waals surface area contributed by atoms with E-state index in [4.69, 9.17) is 5.26 Å². The van der Waals surface area contributed by atoms with Crippen molar-refractivity contribution in [3.63, 3.8) is 0 Å². The lowest BCUT2D eigenvalue weighted by Gasteiger charge is -2.05. The van der Waals surface area contributed by atoms with Gasteiger partial charge in [-0.05, 0) is 37.1 Å². The zero-order chi connectivity index (χ0) is 18.1. The van der Waals surface area contributed by atoms with E-state index in [-0.39, 0.29) is 23.5 Å². The number of fused-ring (bicyclic) bond motifs is 1. The number of rotatable bonds is 4. The van der Waals surface area contributed by atoms with E-state index in [9.17, 15) is 9.59 Å². The zero-order valence-corrected chi connectivity index (χ0v) is 13.8. The summed E-state index contributed by atoms with van der Waals surface area (Å²) in [5.74, 6) is -0.679. The number of imidazole rings is 1. The maximum absolute atomic E-state index is 12.7. The van der Waals surface area contributed by atoms with Crippen LogP contribution in [0.1, 0.15) is 39.5 Å². The number of benzene rings is 1. The summed E-state index contributed by atoms with van der Waals surface area (Å²) in [6, 6.07) is 14.2. The summed E-state index contributed by atoms with van der Waals surface area (Å²) in [7, 11) is 0. The predicted octanol–water partition coefficient (Wildman–Crippen LogP) is 2.35. The molecule has 0 saturated heterocycles. The van der Waals surface area contributed by atoms with Crippen molar-refractivity contribution in [2.75, 3.05) is 5.32 Å². The van der Waals surface area contributed by atoms with E-state index >= 15 is 0 Å². The van der Waals surface area contributed by atoms with Crippen molar-refractivity contribution < 1.29 is 9.59 Å². The molecule has 0 radical (unpaired) electrons. The van der Waals surface area contributed by atoms with E-state index in [0.29, 0.717) is 16.8 Å². The molecule has 2 heterocycles. The third-order valence-corrected chi connectivity index (χ3v) is 4.17. The normalized spacial score (nSPS) is 13.2. The summed E-state index contributed by atoms with van der Waals surface area (Å²) in [4.78, 5) is 29.5. The molecule has 1 aliphatic rings. The van der Waals surface area contributed by atoms with Gasteiger partial charge in [0.1, 0.15) is 6.07 Å². The number of nitriles is 1. The zero-order valence-electron chi connectivity index (χ0n) is 13.8. The summed E-state index contributed by atoms with van der Waals surface area (Å²) in [5, 5.41) is 14.8. The molecule has 26 heavy (non-hydrogen) atoms. The first-order chi connectivity index (χ1) is 12.7. The van der Waals surface area contributed by atoms with Crippen LogP contribution in [0.15, 0.2) is 48.7 Å². The molecule has 7 nitrogen and oxygen atoms in total. The Hall–Kier alpha value is -3.66. The topological polar surface area (TPSA) is 99.3 Å². The summed E-state index contributed by atoms with van der Waals surface area (Å²) in [6.45, 7) is 0. The number of hydrogen-bond acceptors (Lipinski definition) is 4. The summed E-state index contributed by atoms with van der Waals surface area (Å²) in [5.41, 5.74) is 1.53. The fourth-order valence-corrected chi connectivity index (χ4v) is 2.71. The molecule has 1 aromatic carbocycles. The van der Waals surface area contributed by atoms with Crippen LogP contribution in [0.3, 0.4) is 0 Å². The van der Waals surface area contributed by atoms with Gasteiger partial charge >= 0.3 is 0 Å². The second-order valence-electron chi connectivity index (χ2n) is 6.10. The molecule has 1 fully saturated rings. The first kappa shape index (κ1) is 15.8. The number of hydrogen-bond donors (Lipinski definition) is 2. The van der Waals surface area contributed by atoms with E-state index in [1.165, 1.54) is 0 Å². The van der Waals surface area contributed by atoms with Gasteiger partial charge < -0.3 is 10.6 Å². The van der Waals surface area contributed by atoms with Crippen molar-refractivity contribution in [1.82, 2.24) is 14.7 Å². The molecule has 1 saturated carbocycles. The maximum Gasteiger partial charge on any atom is 0.292 e. The Labute approximate surface area is 149 Å². The van der Waals surface area contributed by atoms with Gasteiger partial charge in [-0.25, -0.2) is 4.98 Å². The minimum atomic E-state index is -0.487. The lowest BCUT2D eigenvalue weighted by Crippen LogP contribution is -2.26. The van der Waals surface area contributed by atoms with Gasteiger partial charge in [0.15, 0.2) is 5.69 Å². The number of carbonyl (C=O) groups is 2. The third-order valence-electron chi connectivity index (χ3n) is 4.17. The van der Waals surface area contributed by atoms with Crippen LogP contribution in [0.4, 0.5) is 5.69 Å². The van der Waals surface area contributed by atoms with Crippen LogP contribution in [-0.4, -0.2) is 27.2 Å². The van der Waals surface area contributed by atoms with Gasteiger partial charge in [0.05, 0.1) is 16.8 Å². The highest BCUT2D eigenvalue weighted by Gasteiger charge is 2.27. The Balaban J connectivity index is 1.70. The minimum absolute atomic E-state index is 0.0919. The van der Waals surface area contributed by atoms with Crippen molar-refractivity contribution in [1.29, 1.82) is 5.26 Å². The van der Waals surface area contributed by atoms with Crippen LogP contribution >= 0.6 is 0 Å². The van der Waals surface area contributed by atoms with E-state index in [1.807, 2.05) is 6.07 Å². The van der Waals surface area contributed by atoms with Crippen LogP contribution in [0.25, 0.3) is 5.52 Å². The molecule has 128 valence electrons. The van der Waals surface area contributed by atoms with Gasteiger partial charge in [0.2, 0.25) is 5.82 Å². The van der Waals surface area contributed by atoms with Crippen molar-refractivity contribution in [3.05, 3.63) is 65.7 Å². The SMILES string of the molecule is N#Cc1ccccc1NC(=O)c1nc(C(=O)NC2CC2)c2ccccn12. The van der Waals surface area contributed by atoms with Crippen LogP contribution in [0.5, 0.6) is 0 Å². The molecule has 3 aromatic rings.